The lowest BCUT2D eigenvalue weighted by atomic mass is 10.1. The molecule has 1 saturated heterocycles. The summed E-state index contributed by atoms with van der Waals surface area (Å²) in [7, 11) is 0. The molecule has 0 N–H and O–H groups in total. The van der Waals surface area contributed by atoms with Crippen molar-refractivity contribution in [2.45, 2.75) is 38.6 Å². The normalized spacial score (nSPS) is 14.2. The summed E-state index contributed by atoms with van der Waals surface area (Å²) in [5.41, 5.74) is 2.62. The summed E-state index contributed by atoms with van der Waals surface area (Å²) in [6.45, 7) is 6.77. The van der Waals surface area contributed by atoms with Gasteiger partial charge in [0, 0.05) is 34.5 Å². The third-order valence-electron chi connectivity index (χ3n) is 5.00. The van der Waals surface area contributed by atoms with Gasteiger partial charge >= 0.3 is 0 Å². The lowest BCUT2D eigenvalue weighted by molar-refractivity contribution is -0.117. The number of aromatic nitrogens is 2. The van der Waals surface area contributed by atoms with Crippen LogP contribution in [0, 0.1) is 20.8 Å². The van der Waals surface area contributed by atoms with Gasteiger partial charge in [-0.1, -0.05) is 23.9 Å². The number of carbonyl (C=O) groups is 2. The van der Waals surface area contributed by atoms with E-state index in [0.29, 0.717) is 17.7 Å². The van der Waals surface area contributed by atoms with Crippen molar-refractivity contribution in [1.82, 2.24) is 9.97 Å². The van der Waals surface area contributed by atoms with Crippen LogP contribution in [0.4, 0.5) is 5.69 Å². The Labute approximate surface area is 172 Å². The van der Waals surface area contributed by atoms with Crippen LogP contribution in [0.3, 0.4) is 0 Å². The van der Waals surface area contributed by atoms with Crippen LogP contribution in [-0.4, -0.2) is 34.0 Å². The zero-order valence-corrected chi connectivity index (χ0v) is 17.7. The minimum Gasteiger partial charge on any atom is -0.312 e. The Morgan fingerprint density at radius 2 is 2.07 bits per heavy atom. The highest BCUT2D eigenvalue weighted by molar-refractivity contribution is 8.00. The van der Waals surface area contributed by atoms with Crippen LogP contribution in [0.2, 0.25) is 0 Å². The van der Waals surface area contributed by atoms with Gasteiger partial charge in [-0.15, -0.1) is 11.3 Å². The number of amides is 1. The van der Waals surface area contributed by atoms with Crippen LogP contribution in [-0.2, 0) is 4.79 Å². The molecule has 4 rings (SSSR count). The zero-order chi connectivity index (χ0) is 19.8. The van der Waals surface area contributed by atoms with Crippen molar-refractivity contribution in [3.05, 3.63) is 46.1 Å². The molecule has 1 fully saturated rings. The fourth-order valence-electron chi connectivity index (χ4n) is 3.40. The van der Waals surface area contributed by atoms with Crippen LogP contribution < -0.4 is 4.90 Å². The van der Waals surface area contributed by atoms with E-state index < -0.39 is 0 Å². The van der Waals surface area contributed by atoms with Crippen molar-refractivity contribution in [3.8, 4) is 0 Å². The second-order valence-corrected chi connectivity index (χ2v) is 9.12. The highest BCUT2D eigenvalue weighted by Crippen LogP contribution is 2.35. The first-order chi connectivity index (χ1) is 13.4. The van der Waals surface area contributed by atoms with E-state index in [1.165, 1.54) is 22.2 Å². The Hall–Kier alpha value is -2.25. The molecule has 0 bridgehead atoms. The van der Waals surface area contributed by atoms with Crippen molar-refractivity contribution in [2.24, 2.45) is 0 Å². The third kappa shape index (κ3) is 3.56. The molecular weight excluding hydrogens is 390 g/mol. The van der Waals surface area contributed by atoms with Crippen molar-refractivity contribution in [2.75, 3.05) is 17.2 Å². The number of hydrogen-bond acceptors (Lipinski definition) is 6. The minimum absolute atomic E-state index is 0.0347. The maximum absolute atomic E-state index is 12.8. The second-order valence-electron chi connectivity index (χ2n) is 6.95. The first kappa shape index (κ1) is 19.1. The van der Waals surface area contributed by atoms with Gasteiger partial charge in [0.15, 0.2) is 5.78 Å². The Balaban J connectivity index is 1.55. The SMILES string of the molecule is Cc1nc(SCC(=O)c2cccc(N3CCCC3=O)c2)c2c(C)c(C)sc2n1. The number of ketones is 1. The van der Waals surface area contributed by atoms with Crippen LogP contribution in [0.5, 0.6) is 0 Å². The van der Waals surface area contributed by atoms with Gasteiger partial charge in [0.1, 0.15) is 15.7 Å². The van der Waals surface area contributed by atoms with E-state index in [1.54, 1.807) is 16.2 Å². The summed E-state index contributed by atoms with van der Waals surface area (Å²) in [6.07, 6.45) is 1.45. The maximum atomic E-state index is 12.8. The molecule has 1 aliphatic heterocycles. The molecule has 0 radical (unpaired) electrons. The molecule has 7 heteroatoms. The van der Waals surface area contributed by atoms with E-state index in [4.69, 9.17) is 0 Å². The Bertz CT molecular complexity index is 1090. The fraction of sp³-hybridized carbons (Fsp3) is 0.333. The zero-order valence-electron chi connectivity index (χ0n) is 16.1. The quantitative estimate of drug-likeness (QED) is 0.345. The summed E-state index contributed by atoms with van der Waals surface area (Å²) in [5, 5.41) is 1.92. The minimum atomic E-state index is 0.0347. The number of thioether (sulfide) groups is 1. The summed E-state index contributed by atoms with van der Waals surface area (Å²) in [4.78, 5) is 37.9. The number of hydrogen-bond donors (Lipinski definition) is 0. The number of thiophene rings is 1. The van der Waals surface area contributed by atoms with E-state index >= 15 is 0 Å². The van der Waals surface area contributed by atoms with E-state index in [9.17, 15) is 9.59 Å². The average Bonchev–Trinajstić information content (AvgIpc) is 3.22. The number of fused-ring (bicyclic) bond motifs is 1. The molecule has 144 valence electrons. The number of Topliss-reactive ketones (excluding diaryl/α,β-unsaturated/α-hetero) is 1. The number of nitrogens with zero attached hydrogens (tertiary/aromatic N) is 3. The molecule has 0 aliphatic carbocycles. The smallest absolute Gasteiger partial charge is 0.227 e. The van der Waals surface area contributed by atoms with Gasteiger partial charge in [-0.25, -0.2) is 9.97 Å². The molecule has 1 amide bonds. The van der Waals surface area contributed by atoms with Crippen molar-refractivity contribution in [1.29, 1.82) is 0 Å². The lowest BCUT2D eigenvalue weighted by Gasteiger charge is -2.16. The number of rotatable bonds is 5. The molecular formula is C21H21N3O2S2. The van der Waals surface area contributed by atoms with Crippen molar-refractivity contribution >= 4 is 50.7 Å². The monoisotopic (exact) mass is 411 g/mol. The summed E-state index contributed by atoms with van der Waals surface area (Å²) in [6, 6.07) is 7.38. The number of carbonyl (C=O) groups excluding carboxylic acids is 2. The molecule has 0 atom stereocenters. The molecule has 0 spiro atoms. The highest BCUT2D eigenvalue weighted by Gasteiger charge is 2.22. The molecule has 3 aromatic rings. The van der Waals surface area contributed by atoms with Gasteiger partial charge in [-0.3, -0.25) is 9.59 Å². The van der Waals surface area contributed by atoms with Crippen molar-refractivity contribution in [3.63, 3.8) is 0 Å². The van der Waals surface area contributed by atoms with Gasteiger partial charge in [0.2, 0.25) is 5.91 Å². The Kier molecular flexibility index (Phi) is 5.21. The fourth-order valence-corrected chi connectivity index (χ4v) is 5.57. The van der Waals surface area contributed by atoms with Gasteiger partial charge in [-0.05, 0) is 44.9 Å². The average molecular weight is 412 g/mol. The van der Waals surface area contributed by atoms with Crippen LogP contribution in [0.1, 0.15) is 39.5 Å². The summed E-state index contributed by atoms with van der Waals surface area (Å²) in [5.74, 6) is 1.18. The topological polar surface area (TPSA) is 63.2 Å². The maximum Gasteiger partial charge on any atom is 0.227 e. The molecule has 1 aromatic carbocycles. The molecule has 5 nitrogen and oxygen atoms in total. The molecule has 3 heterocycles. The van der Waals surface area contributed by atoms with Gasteiger partial charge in [0.25, 0.3) is 0 Å². The molecule has 2 aromatic heterocycles. The van der Waals surface area contributed by atoms with Crippen LogP contribution in [0.25, 0.3) is 10.2 Å². The Morgan fingerprint density at radius 3 is 2.82 bits per heavy atom. The largest absolute Gasteiger partial charge is 0.312 e. The van der Waals surface area contributed by atoms with E-state index in [0.717, 1.165) is 39.7 Å². The van der Waals surface area contributed by atoms with Crippen LogP contribution in [0.15, 0.2) is 29.3 Å². The highest BCUT2D eigenvalue weighted by atomic mass is 32.2. The molecule has 0 unspecified atom stereocenters. The number of anilines is 1. The molecule has 1 aliphatic rings. The van der Waals surface area contributed by atoms with Gasteiger partial charge in [0.05, 0.1) is 5.75 Å². The summed E-state index contributed by atoms with van der Waals surface area (Å²) >= 11 is 3.13. The van der Waals surface area contributed by atoms with Crippen molar-refractivity contribution < 1.29 is 9.59 Å². The third-order valence-corrected chi connectivity index (χ3v) is 7.08. The summed E-state index contributed by atoms with van der Waals surface area (Å²) < 4.78 is 0. The van der Waals surface area contributed by atoms with E-state index in [-0.39, 0.29) is 11.7 Å². The number of aryl methyl sites for hydroxylation is 3. The second kappa shape index (κ2) is 7.64. The van der Waals surface area contributed by atoms with Crippen LogP contribution >= 0.6 is 23.1 Å². The van der Waals surface area contributed by atoms with E-state index in [1.807, 2.05) is 31.2 Å². The number of benzene rings is 1. The van der Waals surface area contributed by atoms with E-state index in [2.05, 4.69) is 23.8 Å². The predicted molar refractivity (Wildman–Crippen MR) is 115 cm³/mol. The van der Waals surface area contributed by atoms with Gasteiger partial charge < -0.3 is 4.90 Å². The molecule has 28 heavy (non-hydrogen) atoms. The first-order valence-corrected chi connectivity index (χ1v) is 11.0. The predicted octanol–water partition coefficient (Wildman–Crippen LogP) is 4.72. The lowest BCUT2D eigenvalue weighted by Crippen LogP contribution is -2.23. The standard InChI is InChI=1S/C21H21N3O2S2/c1-12-13(2)28-21-19(12)20(22-14(3)23-21)27-11-17(25)15-6-4-7-16(10-15)24-9-5-8-18(24)26/h4,6-7,10H,5,8-9,11H2,1-3H3. The Morgan fingerprint density at radius 1 is 1.25 bits per heavy atom. The first-order valence-electron chi connectivity index (χ1n) is 9.25. The molecule has 0 saturated carbocycles. The van der Waals surface area contributed by atoms with Gasteiger partial charge in [-0.2, -0.15) is 0 Å².